The van der Waals surface area contributed by atoms with Gasteiger partial charge in [-0.2, -0.15) is 0 Å². The maximum absolute atomic E-state index is 13.0. The topological polar surface area (TPSA) is 72.2 Å². The number of benzene rings is 2. The summed E-state index contributed by atoms with van der Waals surface area (Å²) in [6, 6.07) is 11.7. The molecule has 6 heteroatoms. The summed E-state index contributed by atoms with van der Waals surface area (Å²) >= 11 is 0. The minimum atomic E-state index is -3.71. The summed E-state index contributed by atoms with van der Waals surface area (Å²) in [5, 5.41) is 0. The van der Waals surface area contributed by atoms with Gasteiger partial charge in [0.1, 0.15) is 5.82 Å². The molecule has 0 amide bonds. The fourth-order valence-corrected chi connectivity index (χ4v) is 2.58. The number of anilines is 1. The molecule has 0 aromatic heterocycles. The van der Waals surface area contributed by atoms with Crippen LogP contribution in [0.5, 0.6) is 0 Å². The average Bonchev–Trinajstić information content (AvgIpc) is 2.38. The zero-order chi connectivity index (χ0) is 13.9. The van der Waals surface area contributed by atoms with Gasteiger partial charge in [0.05, 0.1) is 4.90 Å². The van der Waals surface area contributed by atoms with Crippen LogP contribution in [0.1, 0.15) is 5.56 Å². The highest BCUT2D eigenvalue weighted by atomic mass is 32.2. The van der Waals surface area contributed by atoms with Crippen LogP contribution in [-0.4, -0.2) is 8.42 Å². The molecule has 0 bridgehead atoms. The fraction of sp³-hybridized carbons (Fsp3) is 0.0769. The van der Waals surface area contributed by atoms with Crippen LogP contribution in [0, 0.1) is 5.82 Å². The highest BCUT2D eigenvalue weighted by Crippen LogP contribution is 2.11. The number of nitrogens with one attached hydrogen (secondary N) is 1. The molecule has 3 N–H and O–H groups in total. The molecule has 0 spiro atoms. The monoisotopic (exact) mass is 280 g/mol. The van der Waals surface area contributed by atoms with E-state index in [-0.39, 0.29) is 11.4 Å². The van der Waals surface area contributed by atoms with Crippen LogP contribution in [-0.2, 0) is 16.6 Å². The van der Waals surface area contributed by atoms with Gasteiger partial charge in [0.2, 0.25) is 10.0 Å². The third-order valence-electron chi connectivity index (χ3n) is 2.55. The van der Waals surface area contributed by atoms with Gasteiger partial charge in [-0.1, -0.05) is 18.2 Å². The number of nitrogen functional groups attached to an aromatic ring is 1. The Bertz CT molecular complexity index is 669. The second kappa shape index (κ2) is 5.38. The number of rotatable bonds is 4. The van der Waals surface area contributed by atoms with Crippen LogP contribution in [0.4, 0.5) is 10.1 Å². The molecular weight excluding hydrogens is 267 g/mol. The van der Waals surface area contributed by atoms with Crippen molar-refractivity contribution < 1.29 is 12.8 Å². The SMILES string of the molecule is Nc1ccc(CNS(=O)(=O)c2cccc(F)c2)cc1. The Balaban J connectivity index is 2.12. The lowest BCUT2D eigenvalue weighted by atomic mass is 10.2. The molecule has 0 saturated carbocycles. The van der Waals surface area contributed by atoms with Crippen molar-refractivity contribution >= 4 is 15.7 Å². The summed E-state index contributed by atoms with van der Waals surface area (Å²) in [6.45, 7) is 0.124. The predicted molar refractivity (Wildman–Crippen MR) is 71.3 cm³/mol. The first-order chi connectivity index (χ1) is 8.97. The Morgan fingerprint density at radius 2 is 1.79 bits per heavy atom. The largest absolute Gasteiger partial charge is 0.399 e. The molecule has 2 rings (SSSR count). The van der Waals surface area contributed by atoms with Crippen molar-refractivity contribution in [2.24, 2.45) is 0 Å². The molecule has 2 aromatic rings. The Kier molecular flexibility index (Phi) is 3.82. The number of hydrogen-bond donors (Lipinski definition) is 2. The van der Waals surface area contributed by atoms with Gasteiger partial charge < -0.3 is 5.73 Å². The lowest BCUT2D eigenvalue weighted by molar-refractivity contribution is 0.577. The number of halogens is 1. The lowest BCUT2D eigenvalue weighted by Gasteiger charge is -2.07. The van der Waals surface area contributed by atoms with E-state index in [1.165, 1.54) is 18.2 Å². The van der Waals surface area contributed by atoms with E-state index in [1.54, 1.807) is 24.3 Å². The molecule has 19 heavy (non-hydrogen) atoms. The zero-order valence-corrected chi connectivity index (χ0v) is 10.8. The Morgan fingerprint density at radius 3 is 2.42 bits per heavy atom. The van der Waals surface area contributed by atoms with Crippen molar-refractivity contribution in [3.8, 4) is 0 Å². The van der Waals surface area contributed by atoms with Gasteiger partial charge in [-0.15, -0.1) is 0 Å². The Morgan fingerprint density at radius 1 is 1.11 bits per heavy atom. The van der Waals surface area contributed by atoms with Gasteiger partial charge in [-0.3, -0.25) is 0 Å². The van der Waals surface area contributed by atoms with Gasteiger partial charge in [0, 0.05) is 12.2 Å². The van der Waals surface area contributed by atoms with E-state index < -0.39 is 15.8 Å². The first kappa shape index (κ1) is 13.5. The van der Waals surface area contributed by atoms with Crippen LogP contribution in [0.25, 0.3) is 0 Å². The first-order valence-electron chi connectivity index (χ1n) is 5.57. The normalized spacial score (nSPS) is 11.4. The van der Waals surface area contributed by atoms with Gasteiger partial charge in [-0.25, -0.2) is 17.5 Å². The van der Waals surface area contributed by atoms with Crippen LogP contribution < -0.4 is 10.5 Å². The molecule has 0 aliphatic carbocycles. The van der Waals surface area contributed by atoms with Gasteiger partial charge in [0.15, 0.2) is 0 Å². The van der Waals surface area contributed by atoms with Crippen molar-refractivity contribution in [3.05, 3.63) is 59.9 Å². The second-order valence-corrected chi connectivity index (χ2v) is 5.79. The quantitative estimate of drug-likeness (QED) is 0.840. The third kappa shape index (κ3) is 3.52. The molecule has 0 saturated heterocycles. The summed E-state index contributed by atoms with van der Waals surface area (Å²) in [7, 11) is -3.71. The molecular formula is C13H13FN2O2S. The molecule has 4 nitrogen and oxygen atoms in total. The van der Waals surface area contributed by atoms with Gasteiger partial charge >= 0.3 is 0 Å². The maximum atomic E-state index is 13.0. The summed E-state index contributed by atoms with van der Waals surface area (Å²) in [4.78, 5) is -0.0945. The van der Waals surface area contributed by atoms with E-state index in [1.807, 2.05) is 0 Å². The first-order valence-corrected chi connectivity index (χ1v) is 7.05. The van der Waals surface area contributed by atoms with Gasteiger partial charge in [0.25, 0.3) is 0 Å². The highest BCUT2D eigenvalue weighted by Gasteiger charge is 2.13. The summed E-state index contributed by atoms with van der Waals surface area (Å²) < 4.78 is 39.2. The third-order valence-corrected chi connectivity index (χ3v) is 3.95. The molecule has 0 aliphatic heterocycles. The fourth-order valence-electron chi connectivity index (χ4n) is 1.53. The lowest BCUT2D eigenvalue weighted by Crippen LogP contribution is -2.23. The molecule has 0 atom stereocenters. The summed E-state index contributed by atoms with van der Waals surface area (Å²) in [6.07, 6.45) is 0. The molecule has 0 fully saturated rings. The van der Waals surface area contributed by atoms with Gasteiger partial charge in [-0.05, 0) is 35.9 Å². The number of sulfonamides is 1. The molecule has 0 aliphatic rings. The molecule has 2 aromatic carbocycles. The highest BCUT2D eigenvalue weighted by molar-refractivity contribution is 7.89. The van der Waals surface area contributed by atoms with E-state index in [9.17, 15) is 12.8 Å². The van der Waals surface area contributed by atoms with E-state index in [2.05, 4.69) is 4.72 Å². The summed E-state index contributed by atoms with van der Waals surface area (Å²) in [5.74, 6) is -0.588. The standard InChI is InChI=1S/C13H13FN2O2S/c14-11-2-1-3-13(8-11)19(17,18)16-9-10-4-6-12(15)7-5-10/h1-8,16H,9,15H2. The van der Waals surface area contributed by atoms with E-state index in [0.717, 1.165) is 11.6 Å². The smallest absolute Gasteiger partial charge is 0.240 e. The average molecular weight is 280 g/mol. The minimum Gasteiger partial charge on any atom is -0.399 e. The van der Waals surface area contributed by atoms with E-state index >= 15 is 0 Å². The molecule has 100 valence electrons. The van der Waals surface area contributed by atoms with Crippen molar-refractivity contribution in [1.82, 2.24) is 4.72 Å². The van der Waals surface area contributed by atoms with Crippen molar-refractivity contribution in [2.75, 3.05) is 5.73 Å². The Hall–Kier alpha value is -1.92. The Labute approximate surface area is 111 Å². The zero-order valence-electron chi connectivity index (χ0n) is 10.0. The van der Waals surface area contributed by atoms with Crippen LogP contribution in [0.3, 0.4) is 0 Å². The second-order valence-electron chi connectivity index (χ2n) is 4.02. The molecule has 0 heterocycles. The van der Waals surface area contributed by atoms with Crippen molar-refractivity contribution in [2.45, 2.75) is 11.4 Å². The predicted octanol–water partition coefficient (Wildman–Crippen LogP) is 1.89. The van der Waals surface area contributed by atoms with Crippen molar-refractivity contribution in [1.29, 1.82) is 0 Å². The van der Waals surface area contributed by atoms with E-state index in [4.69, 9.17) is 5.73 Å². The van der Waals surface area contributed by atoms with Crippen LogP contribution in [0.15, 0.2) is 53.4 Å². The minimum absolute atomic E-state index is 0.0945. The van der Waals surface area contributed by atoms with Crippen molar-refractivity contribution in [3.63, 3.8) is 0 Å². The molecule has 0 unspecified atom stereocenters. The molecule has 0 radical (unpaired) electrons. The van der Waals surface area contributed by atoms with E-state index in [0.29, 0.717) is 5.69 Å². The summed E-state index contributed by atoms with van der Waals surface area (Å²) in [5.41, 5.74) is 6.92. The van der Waals surface area contributed by atoms with Crippen LogP contribution in [0.2, 0.25) is 0 Å². The maximum Gasteiger partial charge on any atom is 0.240 e. The number of hydrogen-bond acceptors (Lipinski definition) is 3. The number of nitrogens with two attached hydrogens (primary N) is 1. The van der Waals surface area contributed by atoms with Crippen LogP contribution >= 0.6 is 0 Å².